The third kappa shape index (κ3) is 2.67. The van der Waals surface area contributed by atoms with Crippen LogP contribution in [0.5, 0.6) is 5.88 Å². The van der Waals surface area contributed by atoms with Gasteiger partial charge >= 0.3 is 0 Å². The zero-order valence-electron chi connectivity index (χ0n) is 14.1. The van der Waals surface area contributed by atoms with Gasteiger partial charge in [0.1, 0.15) is 5.65 Å². The number of anilines is 2. The number of pyridine rings is 1. The van der Waals surface area contributed by atoms with Gasteiger partial charge in [-0.25, -0.2) is 0 Å². The number of aromatic amines is 1. The minimum absolute atomic E-state index is 0.448. The third-order valence-electron chi connectivity index (χ3n) is 3.94. The maximum Gasteiger partial charge on any atom is 0.232 e. The SMILES string of the molecule is COc1nc(Nc2cn(C)nc2C)nc2[nH]cc(-c3ccncc3)c12. The molecule has 0 bridgehead atoms. The first-order chi connectivity index (χ1) is 12.2. The van der Waals surface area contributed by atoms with Crippen molar-refractivity contribution in [2.75, 3.05) is 12.4 Å². The molecule has 2 N–H and O–H groups in total. The van der Waals surface area contributed by atoms with E-state index in [0.717, 1.165) is 27.9 Å². The molecule has 4 aromatic rings. The van der Waals surface area contributed by atoms with Crippen LogP contribution in [0.4, 0.5) is 11.6 Å². The van der Waals surface area contributed by atoms with E-state index in [0.29, 0.717) is 17.5 Å². The van der Waals surface area contributed by atoms with E-state index < -0.39 is 0 Å². The van der Waals surface area contributed by atoms with Crippen LogP contribution in [0.15, 0.2) is 36.9 Å². The molecule has 0 aliphatic carbocycles. The molecule has 4 rings (SSSR count). The van der Waals surface area contributed by atoms with Crippen molar-refractivity contribution in [3.05, 3.63) is 42.6 Å². The van der Waals surface area contributed by atoms with E-state index in [1.165, 1.54) is 0 Å². The molecule has 126 valence electrons. The second-order valence-corrected chi connectivity index (χ2v) is 5.65. The number of hydrogen-bond acceptors (Lipinski definition) is 6. The Kier molecular flexibility index (Phi) is 3.57. The van der Waals surface area contributed by atoms with Crippen molar-refractivity contribution in [1.82, 2.24) is 29.7 Å². The van der Waals surface area contributed by atoms with Crippen LogP contribution in [0.1, 0.15) is 5.69 Å². The molecule has 0 atom stereocenters. The Morgan fingerprint density at radius 3 is 2.68 bits per heavy atom. The summed E-state index contributed by atoms with van der Waals surface area (Å²) in [5, 5.41) is 8.34. The second-order valence-electron chi connectivity index (χ2n) is 5.65. The van der Waals surface area contributed by atoms with Gasteiger partial charge in [0, 0.05) is 37.4 Å². The fourth-order valence-electron chi connectivity index (χ4n) is 2.81. The van der Waals surface area contributed by atoms with Gasteiger partial charge in [0.25, 0.3) is 0 Å². The molecule has 25 heavy (non-hydrogen) atoms. The first-order valence-corrected chi connectivity index (χ1v) is 7.76. The van der Waals surface area contributed by atoms with Crippen molar-refractivity contribution >= 4 is 22.7 Å². The predicted octanol–water partition coefficient (Wildman–Crippen LogP) is 2.81. The van der Waals surface area contributed by atoms with Crippen molar-refractivity contribution in [2.45, 2.75) is 6.92 Å². The van der Waals surface area contributed by atoms with Gasteiger partial charge in [-0.1, -0.05) is 0 Å². The highest BCUT2D eigenvalue weighted by Gasteiger charge is 2.16. The van der Waals surface area contributed by atoms with Gasteiger partial charge in [-0.3, -0.25) is 9.67 Å². The number of hydrogen-bond donors (Lipinski definition) is 2. The summed E-state index contributed by atoms with van der Waals surface area (Å²) in [5.74, 6) is 0.950. The van der Waals surface area contributed by atoms with E-state index in [1.54, 1.807) is 24.2 Å². The number of fused-ring (bicyclic) bond motifs is 1. The number of methoxy groups -OCH3 is 1. The fraction of sp³-hybridized carbons (Fsp3) is 0.176. The average Bonchev–Trinajstić information content (AvgIpc) is 3.18. The molecule has 0 saturated carbocycles. The Labute approximate surface area is 143 Å². The first kappa shape index (κ1) is 15.1. The molecule has 0 fully saturated rings. The van der Waals surface area contributed by atoms with Crippen molar-refractivity contribution in [2.24, 2.45) is 7.05 Å². The summed E-state index contributed by atoms with van der Waals surface area (Å²) in [6.45, 7) is 1.92. The topological polar surface area (TPSA) is 93.5 Å². The molecule has 4 aromatic heterocycles. The van der Waals surface area contributed by atoms with Gasteiger partial charge in [-0.2, -0.15) is 15.1 Å². The molecule has 0 aliphatic rings. The molecule has 8 heteroatoms. The quantitative estimate of drug-likeness (QED) is 0.596. The minimum atomic E-state index is 0.448. The van der Waals surface area contributed by atoms with Crippen molar-refractivity contribution < 1.29 is 4.74 Å². The Morgan fingerprint density at radius 1 is 1.20 bits per heavy atom. The van der Waals surface area contributed by atoms with E-state index in [2.05, 4.69) is 30.4 Å². The Morgan fingerprint density at radius 2 is 2.00 bits per heavy atom. The number of nitrogens with one attached hydrogen (secondary N) is 2. The van der Waals surface area contributed by atoms with E-state index in [1.807, 2.05) is 38.5 Å². The van der Waals surface area contributed by atoms with E-state index in [4.69, 9.17) is 4.74 Å². The fourth-order valence-corrected chi connectivity index (χ4v) is 2.81. The van der Waals surface area contributed by atoms with Crippen LogP contribution in [0.2, 0.25) is 0 Å². The summed E-state index contributed by atoms with van der Waals surface area (Å²) in [5.41, 5.74) is 4.41. The molecular formula is C17H17N7O. The third-order valence-corrected chi connectivity index (χ3v) is 3.94. The molecular weight excluding hydrogens is 318 g/mol. The van der Waals surface area contributed by atoms with Crippen LogP contribution in [-0.4, -0.2) is 36.8 Å². The lowest BCUT2D eigenvalue weighted by Crippen LogP contribution is -2.00. The standard InChI is InChI=1S/C17H17N7O/c1-10-13(9-24(2)23-10)20-17-21-15-14(16(22-17)25-3)12(8-19-15)11-4-6-18-7-5-11/h4-9H,1-3H3,(H2,19,20,21,22). The summed E-state index contributed by atoms with van der Waals surface area (Å²) in [6.07, 6.45) is 7.29. The Bertz CT molecular complexity index is 1040. The number of aromatic nitrogens is 6. The largest absolute Gasteiger partial charge is 0.480 e. The van der Waals surface area contributed by atoms with Gasteiger partial charge in [0.2, 0.25) is 11.8 Å². The number of ether oxygens (including phenoxy) is 1. The van der Waals surface area contributed by atoms with E-state index in [9.17, 15) is 0 Å². The van der Waals surface area contributed by atoms with Gasteiger partial charge in [-0.15, -0.1) is 0 Å². The maximum atomic E-state index is 5.51. The van der Waals surface area contributed by atoms with Crippen LogP contribution in [-0.2, 0) is 7.05 Å². The van der Waals surface area contributed by atoms with Crippen LogP contribution in [0.25, 0.3) is 22.2 Å². The summed E-state index contributed by atoms with van der Waals surface area (Å²) >= 11 is 0. The highest BCUT2D eigenvalue weighted by Crippen LogP contribution is 2.34. The van der Waals surface area contributed by atoms with Gasteiger partial charge in [0.05, 0.1) is 23.9 Å². The first-order valence-electron chi connectivity index (χ1n) is 7.76. The van der Waals surface area contributed by atoms with Gasteiger partial charge in [-0.05, 0) is 24.6 Å². The van der Waals surface area contributed by atoms with Gasteiger partial charge < -0.3 is 15.0 Å². The molecule has 0 amide bonds. The summed E-state index contributed by atoms with van der Waals surface area (Å²) < 4.78 is 7.25. The van der Waals surface area contributed by atoms with E-state index >= 15 is 0 Å². The molecule has 8 nitrogen and oxygen atoms in total. The molecule has 0 spiro atoms. The van der Waals surface area contributed by atoms with E-state index in [-0.39, 0.29) is 0 Å². The zero-order valence-corrected chi connectivity index (χ0v) is 14.1. The highest BCUT2D eigenvalue weighted by molar-refractivity contribution is 5.97. The molecule has 0 radical (unpaired) electrons. The maximum absolute atomic E-state index is 5.51. The minimum Gasteiger partial charge on any atom is -0.480 e. The molecule has 0 aliphatic heterocycles. The highest BCUT2D eigenvalue weighted by atomic mass is 16.5. The monoisotopic (exact) mass is 335 g/mol. The molecule has 0 aromatic carbocycles. The Balaban J connectivity index is 1.81. The average molecular weight is 335 g/mol. The molecule has 0 saturated heterocycles. The Hall–Kier alpha value is -3.42. The summed E-state index contributed by atoms with van der Waals surface area (Å²) in [7, 11) is 3.47. The number of rotatable bonds is 4. The molecule has 0 unspecified atom stereocenters. The van der Waals surface area contributed by atoms with Crippen LogP contribution in [0.3, 0.4) is 0 Å². The lowest BCUT2D eigenvalue weighted by atomic mass is 10.1. The summed E-state index contributed by atoms with van der Waals surface area (Å²) in [4.78, 5) is 16.3. The van der Waals surface area contributed by atoms with Crippen LogP contribution in [0, 0.1) is 6.92 Å². The van der Waals surface area contributed by atoms with Crippen molar-refractivity contribution in [3.63, 3.8) is 0 Å². The lowest BCUT2D eigenvalue weighted by molar-refractivity contribution is 0.403. The zero-order chi connectivity index (χ0) is 17.4. The normalized spacial score (nSPS) is 11.0. The second kappa shape index (κ2) is 5.90. The van der Waals surface area contributed by atoms with Gasteiger partial charge in [0.15, 0.2) is 0 Å². The lowest BCUT2D eigenvalue weighted by Gasteiger charge is -2.08. The van der Waals surface area contributed by atoms with Crippen molar-refractivity contribution in [3.8, 4) is 17.0 Å². The number of nitrogens with zero attached hydrogens (tertiary/aromatic N) is 5. The summed E-state index contributed by atoms with van der Waals surface area (Å²) in [6, 6.07) is 3.88. The smallest absolute Gasteiger partial charge is 0.232 e. The van der Waals surface area contributed by atoms with Crippen molar-refractivity contribution in [1.29, 1.82) is 0 Å². The van der Waals surface area contributed by atoms with Crippen LogP contribution < -0.4 is 10.1 Å². The number of H-pyrrole nitrogens is 1. The predicted molar refractivity (Wildman–Crippen MR) is 94.9 cm³/mol. The molecule has 4 heterocycles. The van der Waals surface area contributed by atoms with Crippen LogP contribution >= 0.6 is 0 Å². The number of aryl methyl sites for hydroxylation is 2.